The number of rotatable bonds is 6. The molecule has 1 aliphatic heterocycles. The van der Waals surface area contributed by atoms with Gasteiger partial charge in [0.1, 0.15) is 0 Å². The molecular formula is C15H27F3N2. The van der Waals surface area contributed by atoms with Gasteiger partial charge in [0.25, 0.3) is 0 Å². The van der Waals surface area contributed by atoms with Crippen molar-refractivity contribution in [1.82, 2.24) is 10.2 Å². The number of nitrogens with zero attached hydrogens (tertiary/aromatic N) is 1. The molecule has 1 aliphatic carbocycles. The molecule has 0 atom stereocenters. The molecule has 2 aliphatic rings. The highest BCUT2D eigenvalue weighted by molar-refractivity contribution is 4.78. The molecule has 0 amide bonds. The average Bonchev–Trinajstić information content (AvgIpc) is 2.91. The molecular weight excluding hydrogens is 265 g/mol. The molecule has 20 heavy (non-hydrogen) atoms. The molecule has 2 fully saturated rings. The Bertz CT molecular complexity index is 267. The summed E-state index contributed by atoms with van der Waals surface area (Å²) in [7, 11) is 0. The Morgan fingerprint density at radius 3 is 2.25 bits per heavy atom. The summed E-state index contributed by atoms with van der Waals surface area (Å²) >= 11 is 0. The van der Waals surface area contributed by atoms with Crippen LogP contribution in [-0.2, 0) is 0 Å². The van der Waals surface area contributed by atoms with Crippen molar-refractivity contribution in [3.8, 4) is 0 Å². The van der Waals surface area contributed by atoms with Gasteiger partial charge in [-0.25, -0.2) is 0 Å². The van der Waals surface area contributed by atoms with Gasteiger partial charge in [-0.3, -0.25) is 0 Å². The molecule has 118 valence electrons. The molecule has 0 aromatic carbocycles. The van der Waals surface area contributed by atoms with Crippen molar-refractivity contribution in [3.63, 3.8) is 0 Å². The Balaban J connectivity index is 1.48. The van der Waals surface area contributed by atoms with Crippen LogP contribution in [0.1, 0.15) is 44.9 Å². The van der Waals surface area contributed by atoms with Crippen LogP contribution in [0.15, 0.2) is 0 Å². The van der Waals surface area contributed by atoms with Crippen LogP contribution in [-0.4, -0.2) is 43.8 Å². The van der Waals surface area contributed by atoms with Gasteiger partial charge in [0, 0.05) is 0 Å². The predicted octanol–water partition coefficient (Wildman–Crippen LogP) is 3.43. The maximum Gasteiger partial charge on any atom is 0.391 e. The molecule has 2 rings (SSSR count). The minimum absolute atomic E-state index is 0.323. The number of halogens is 3. The van der Waals surface area contributed by atoms with Crippen LogP contribution in [0, 0.1) is 11.8 Å². The summed E-state index contributed by atoms with van der Waals surface area (Å²) in [6.45, 7) is 5.52. The SMILES string of the molecule is FC(F)(F)C1CCC(CNCCCN2CCCC2)CC1. The Hall–Kier alpha value is -0.290. The highest BCUT2D eigenvalue weighted by atomic mass is 19.4. The molecule has 1 N–H and O–H groups in total. The maximum atomic E-state index is 12.5. The van der Waals surface area contributed by atoms with Crippen LogP contribution in [0.4, 0.5) is 13.2 Å². The van der Waals surface area contributed by atoms with Gasteiger partial charge in [-0.15, -0.1) is 0 Å². The molecule has 0 radical (unpaired) electrons. The summed E-state index contributed by atoms with van der Waals surface area (Å²) in [5, 5.41) is 3.42. The number of likely N-dealkylation sites (tertiary alicyclic amines) is 1. The zero-order chi connectivity index (χ0) is 14.4. The number of nitrogens with one attached hydrogen (secondary N) is 1. The highest BCUT2D eigenvalue weighted by Gasteiger charge is 2.41. The topological polar surface area (TPSA) is 15.3 Å². The van der Waals surface area contributed by atoms with Crippen molar-refractivity contribution in [2.45, 2.75) is 51.1 Å². The molecule has 1 saturated heterocycles. The zero-order valence-corrected chi connectivity index (χ0v) is 12.2. The molecule has 1 saturated carbocycles. The third-order valence-electron chi connectivity index (χ3n) is 4.77. The van der Waals surface area contributed by atoms with E-state index in [9.17, 15) is 13.2 Å². The van der Waals surface area contributed by atoms with E-state index >= 15 is 0 Å². The van der Waals surface area contributed by atoms with E-state index in [-0.39, 0.29) is 0 Å². The summed E-state index contributed by atoms with van der Waals surface area (Å²) in [5.41, 5.74) is 0. The van der Waals surface area contributed by atoms with Crippen molar-refractivity contribution in [2.75, 3.05) is 32.7 Å². The zero-order valence-electron chi connectivity index (χ0n) is 12.2. The molecule has 0 spiro atoms. The molecule has 0 bridgehead atoms. The lowest BCUT2D eigenvalue weighted by molar-refractivity contribution is -0.183. The number of alkyl halides is 3. The molecule has 2 nitrogen and oxygen atoms in total. The van der Waals surface area contributed by atoms with E-state index in [4.69, 9.17) is 0 Å². The van der Waals surface area contributed by atoms with Crippen LogP contribution >= 0.6 is 0 Å². The largest absolute Gasteiger partial charge is 0.391 e. The van der Waals surface area contributed by atoms with Gasteiger partial charge >= 0.3 is 6.18 Å². The first-order valence-electron chi connectivity index (χ1n) is 8.05. The summed E-state index contributed by atoms with van der Waals surface area (Å²) < 4.78 is 37.6. The minimum atomic E-state index is -3.98. The van der Waals surface area contributed by atoms with Crippen LogP contribution < -0.4 is 5.32 Å². The predicted molar refractivity (Wildman–Crippen MR) is 74.7 cm³/mol. The van der Waals surface area contributed by atoms with Gasteiger partial charge in [0.2, 0.25) is 0 Å². The van der Waals surface area contributed by atoms with E-state index in [2.05, 4.69) is 10.2 Å². The lowest BCUT2D eigenvalue weighted by Crippen LogP contribution is -2.32. The van der Waals surface area contributed by atoms with Crippen LogP contribution in [0.3, 0.4) is 0 Å². The van der Waals surface area contributed by atoms with Crippen LogP contribution in [0.2, 0.25) is 0 Å². The van der Waals surface area contributed by atoms with Crippen molar-refractivity contribution >= 4 is 0 Å². The second-order valence-electron chi connectivity index (χ2n) is 6.37. The van der Waals surface area contributed by atoms with E-state index in [1.165, 1.54) is 25.9 Å². The fourth-order valence-electron chi connectivity index (χ4n) is 3.43. The van der Waals surface area contributed by atoms with E-state index in [0.29, 0.717) is 18.8 Å². The van der Waals surface area contributed by atoms with Crippen molar-refractivity contribution in [2.24, 2.45) is 11.8 Å². The van der Waals surface area contributed by atoms with E-state index in [0.717, 1.165) is 38.9 Å². The van der Waals surface area contributed by atoms with E-state index < -0.39 is 12.1 Å². The second-order valence-corrected chi connectivity index (χ2v) is 6.37. The molecule has 0 aromatic rings. The average molecular weight is 292 g/mol. The summed E-state index contributed by atoms with van der Waals surface area (Å²) in [6, 6.07) is 0. The van der Waals surface area contributed by atoms with Gasteiger partial charge in [0.15, 0.2) is 0 Å². The summed E-state index contributed by atoms with van der Waals surface area (Å²) in [6.07, 6.45) is 1.93. The Morgan fingerprint density at radius 1 is 1.00 bits per heavy atom. The van der Waals surface area contributed by atoms with Gasteiger partial charge in [-0.05, 0) is 83.6 Å². The Morgan fingerprint density at radius 2 is 1.65 bits per heavy atom. The first kappa shape index (κ1) is 16.1. The normalized spacial score (nSPS) is 28.9. The van der Waals surface area contributed by atoms with Crippen LogP contribution in [0.5, 0.6) is 0 Å². The highest BCUT2D eigenvalue weighted by Crippen LogP contribution is 2.39. The third kappa shape index (κ3) is 5.24. The lowest BCUT2D eigenvalue weighted by Gasteiger charge is -2.30. The first-order chi connectivity index (χ1) is 9.55. The Kier molecular flexibility index (Phi) is 6.15. The summed E-state index contributed by atoms with van der Waals surface area (Å²) in [5.74, 6) is -0.602. The maximum absolute atomic E-state index is 12.5. The molecule has 5 heteroatoms. The summed E-state index contributed by atoms with van der Waals surface area (Å²) in [4.78, 5) is 2.50. The smallest absolute Gasteiger partial charge is 0.316 e. The quantitative estimate of drug-likeness (QED) is 0.755. The van der Waals surface area contributed by atoms with E-state index in [1.54, 1.807) is 0 Å². The Labute approximate surface area is 120 Å². The van der Waals surface area contributed by atoms with Crippen LogP contribution in [0.25, 0.3) is 0 Å². The fraction of sp³-hybridized carbons (Fsp3) is 1.00. The molecule has 0 aromatic heterocycles. The fourth-order valence-corrected chi connectivity index (χ4v) is 3.43. The number of hydrogen-bond acceptors (Lipinski definition) is 2. The van der Waals surface area contributed by atoms with Crippen molar-refractivity contribution in [3.05, 3.63) is 0 Å². The molecule has 1 heterocycles. The van der Waals surface area contributed by atoms with Gasteiger partial charge in [-0.1, -0.05) is 0 Å². The van der Waals surface area contributed by atoms with Crippen molar-refractivity contribution < 1.29 is 13.2 Å². The third-order valence-corrected chi connectivity index (χ3v) is 4.77. The van der Waals surface area contributed by atoms with Gasteiger partial charge in [0.05, 0.1) is 5.92 Å². The molecule has 0 unspecified atom stereocenters. The van der Waals surface area contributed by atoms with E-state index in [1.807, 2.05) is 0 Å². The minimum Gasteiger partial charge on any atom is -0.316 e. The monoisotopic (exact) mass is 292 g/mol. The number of hydrogen-bond donors (Lipinski definition) is 1. The second kappa shape index (κ2) is 7.64. The van der Waals surface area contributed by atoms with Gasteiger partial charge < -0.3 is 10.2 Å². The standard InChI is InChI=1S/C15H27F3N2/c16-15(17,18)14-6-4-13(5-7-14)12-19-8-3-11-20-9-1-2-10-20/h13-14,19H,1-12H2. The lowest BCUT2D eigenvalue weighted by atomic mass is 9.81. The van der Waals surface area contributed by atoms with Crippen molar-refractivity contribution in [1.29, 1.82) is 0 Å². The van der Waals surface area contributed by atoms with Gasteiger partial charge in [-0.2, -0.15) is 13.2 Å². The first-order valence-corrected chi connectivity index (χ1v) is 8.05.